The molecule has 0 radical (unpaired) electrons. The van der Waals surface area contributed by atoms with Gasteiger partial charge in [0.05, 0.1) is 6.61 Å². The molecule has 1 aromatic carbocycles. The molecule has 0 aromatic heterocycles. The monoisotopic (exact) mass is 304 g/mol. The van der Waals surface area contributed by atoms with E-state index in [9.17, 15) is 0 Å². The molecule has 120 valence electrons. The van der Waals surface area contributed by atoms with Gasteiger partial charge in [-0.25, -0.2) is 0 Å². The van der Waals surface area contributed by atoms with Gasteiger partial charge in [-0.15, -0.1) is 0 Å². The molecule has 0 aliphatic carbocycles. The third-order valence-corrected chi connectivity index (χ3v) is 3.87. The highest BCUT2D eigenvalue weighted by Gasteiger charge is 2.54. The van der Waals surface area contributed by atoms with Crippen molar-refractivity contribution in [3.8, 4) is 0 Å². The van der Waals surface area contributed by atoms with Crippen molar-refractivity contribution in [1.82, 2.24) is 0 Å². The van der Waals surface area contributed by atoms with Crippen LogP contribution in [0.25, 0.3) is 0 Å². The predicted octanol–water partition coefficient (Wildman–Crippen LogP) is 3.41. The maximum absolute atomic E-state index is 6.12. The Morgan fingerprint density at radius 1 is 1.18 bits per heavy atom. The zero-order valence-electron chi connectivity index (χ0n) is 13.4. The average Bonchev–Trinajstić information content (AvgIpc) is 2.95. The quantitative estimate of drug-likeness (QED) is 0.781. The molecule has 0 amide bonds. The van der Waals surface area contributed by atoms with Crippen LogP contribution in [0.3, 0.4) is 0 Å². The van der Waals surface area contributed by atoms with Crippen molar-refractivity contribution in [2.75, 3.05) is 0 Å². The molecule has 22 heavy (non-hydrogen) atoms. The number of ether oxygens (including phenoxy) is 4. The molecule has 0 saturated carbocycles. The van der Waals surface area contributed by atoms with Gasteiger partial charge in [0.1, 0.15) is 18.3 Å². The topological polar surface area (TPSA) is 36.9 Å². The van der Waals surface area contributed by atoms with Crippen LogP contribution in [0, 0.1) is 0 Å². The summed E-state index contributed by atoms with van der Waals surface area (Å²) in [5.74, 6) is -0.622. The van der Waals surface area contributed by atoms with Crippen LogP contribution in [0.4, 0.5) is 0 Å². The third-order valence-electron chi connectivity index (χ3n) is 3.87. The lowest BCUT2D eigenvalue weighted by molar-refractivity contribution is -0.213. The van der Waals surface area contributed by atoms with E-state index in [0.29, 0.717) is 6.61 Å². The lowest BCUT2D eigenvalue weighted by Crippen LogP contribution is -2.36. The first-order chi connectivity index (χ1) is 10.6. The smallest absolute Gasteiger partial charge is 0.190 e. The van der Waals surface area contributed by atoms with Gasteiger partial charge in [-0.05, 0) is 25.8 Å². The summed E-state index contributed by atoms with van der Waals surface area (Å²) >= 11 is 0. The van der Waals surface area contributed by atoms with Crippen LogP contribution in [-0.4, -0.2) is 30.4 Å². The number of fused-ring (bicyclic) bond motifs is 1. The van der Waals surface area contributed by atoms with Crippen molar-refractivity contribution in [2.45, 2.75) is 64.2 Å². The molecule has 4 nitrogen and oxygen atoms in total. The van der Waals surface area contributed by atoms with Gasteiger partial charge in [-0.1, -0.05) is 49.4 Å². The van der Waals surface area contributed by atoms with Crippen molar-refractivity contribution in [1.29, 1.82) is 0 Å². The molecule has 2 aliphatic heterocycles. The number of allylic oxidation sites excluding steroid dienone is 1. The highest BCUT2D eigenvalue weighted by molar-refractivity contribution is 5.14. The van der Waals surface area contributed by atoms with Crippen LogP contribution in [0.1, 0.15) is 32.8 Å². The molecule has 0 N–H and O–H groups in total. The van der Waals surface area contributed by atoms with Gasteiger partial charge in [-0.3, -0.25) is 0 Å². The molecule has 2 saturated heterocycles. The summed E-state index contributed by atoms with van der Waals surface area (Å²) in [6.07, 6.45) is 4.27. The minimum atomic E-state index is -0.622. The summed E-state index contributed by atoms with van der Waals surface area (Å²) in [4.78, 5) is 0. The van der Waals surface area contributed by atoms with E-state index in [4.69, 9.17) is 18.9 Å². The van der Waals surface area contributed by atoms with Crippen LogP contribution in [0.5, 0.6) is 0 Å². The molecule has 1 aromatic rings. The van der Waals surface area contributed by atoms with Crippen LogP contribution in [-0.2, 0) is 25.6 Å². The van der Waals surface area contributed by atoms with Crippen LogP contribution >= 0.6 is 0 Å². The van der Waals surface area contributed by atoms with Gasteiger partial charge in [0.15, 0.2) is 12.1 Å². The molecular weight excluding hydrogens is 280 g/mol. The minimum Gasteiger partial charge on any atom is -0.368 e. The third kappa shape index (κ3) is 3.41. The second kappa shape index (κ2) is 6.50. The Morgan fingerprint density at radius 3 is 2.68 bits per heavy atom. The van der Waals surface area contributed by atoms with E-state index in [0.717, 1.165) is 12.0 Å². The number of hydrogen-bond acceptors (Lipinski definition) is 4. The van der Waals surface area contributed by atoms with Crippen LogP contribution < -0.4 is 0 Å². The van der Waals surface area contributed by atoms with Gasteiger partial charge >= 0.3 is 0 Å². The van der Waals surface area contributed by atoms with E-state index in [2.05, 4.69) is 25.1 Å². The van der Waals surface area contributed by atoms with Gasteiger partial charge in [0.25, 0.3) is 0 Å². The summed E-state index contributed by atoms with van der Waals surface area (Å²) in [5, 5.41) is 0. The highest BCUT2D eigenvalue weighted by atomic mass is 16.8. The fourth-order valence-corrected chi connectivity index (χ4v) is 2.89. The van der Waals surface area contributed by atoms with E-state index < -0.39 is 5.79 Å². The Balaban J connectivity index is 1.70. The van der Waals surface area contributed by atoms with Gasteiger partial charge in [0.2, 0.25) is 0 Å². The normalized spacial score (nSPS) is 33.4. The molecule has 0 spiro atoms. The van der Waals surface area contributed by atoms with Crippen molar-refractivity contribution in [3.63, 3.8) is 0 Å². The Bertz CT molecular complexity index is 511. The summed E-state index contributed by atoms with van der Waals surface area (Å²) in [7, 11) is 0. The standard InChI is InChI=1S/C18H24O4/c1-4-5-11-14-15(19-12-13-9-7-6-8-10-13)16-17(20-14)22-18(2,3)21-16/h5-11,14-17H,4,12H2,1-3H3/b11-5+/t14-,15+,16-,17-/m1/s1. The Labute approximate surface area is 132 Å². The fraction of sp³-hybridized carbons (Fsp3) is 0.556. The summed E-state index contributed by atoms with van der Waals surface area (Å²) < 4.78 is 23.9. The molecule has 3 rings (SSSR count). The second-order valence-corrected chi connectivity index (χ2v) is 6.17. The van der Waals surface area contributed by atoms with Crippen LogP contribution in [0.2, 0.25) is 0 Å². The Hall–Kier alpha value is -1.20. The number of hydrogen-bond donors (Lipinski definition) is 0. The first-order valence-electron chi connectivity index (χ1n) is 7.92. The van der Waals surface area contributed by atoms with Gasteiger partial charge in [0, 0.05) is 0 Å². The van der Waals surface area contributed by atoms with E-state index in [1.165, 1.54) is 0 Å². The second-order valence-electron chi connectivity index (χ2n) is 6.17. The molecule has 2 heterocycles. The van der Waals surface area contributed by atoms with Gasteiger partial charge < -0.3 is 18.9 Å². The van der Waals surface area contributed by atoms with E-state index in [-0.39, 0.29) is 24.6 Å². The Morgan fingerprint density at radius 2 is 1.95 bits per heavy atom. The van der Waals surface area contributed by atoms with E-state index in [1.54, 1.807) is 0 Å². The lowest BCUT2D eigenvalue weighted by Gasteiger charge is -2.24. The van der Waals surface area contributed by atoms with Crippen molar-refractivity contribution in [3.05, 3.63) is 48.0 Å². The minimum absolute atomic E-state index is 0.130. The SMILES string of the molecule is CC/C=C/[C@H]1O[C@@H]2OC(C)(C)O[C@@H]2[C@H]1OCc1ccccc1. The fourth-order valence-electron chi connectivity index (χ4n) is 2.89. The van der Waals surface area contributed by atoms with Crippen molar-refractivity contribution in [2.24, 2.45) is 0 Å². The van der Waals surface area contributed by atoms with E-state index in [1.807, 2.05) is 38.1 Å². The summed E-state index contributed by atoms with van der Waals surface area (Å²) in [6.45, 7) is 6.44. The zero-order chi connectivity index (χ0) is 15.6. The number of rotatable bonds is 5. The highest BCUT2D eigenvalue weighted by Crippen LogP contribution is 2.39. The average molecular weight is 304 g/mol. The first kappa shape index (κ1) is 15.7. The lowest BCUT2D eigenvalue weighted by atomic mass is 10.1. The zero-order valence-corrected chi connectivity index (χ0v) is 13.4. The molecule has 0 bridgehead atoms. The molecule has 2 aliphatic rings. The molecule has 0 unspecified atom stereocenters. The predicted molar refractivity (Wildman–Crippen MR) is 83.1 cm³/mol. The Kier molecular flexibility index (Phi) is 4.64. The first-order valence-corrected chi connectivity index (χ1v) is 7.92. The van der Waals surface area contributed by atoms with E-state index >= 15 is 0 Å². The largest absolute Gasteiger partial charge is 0.368 e. The molecule has 2 fully saturated rings. The van der Waals surface area contributed by atoms with Crippen LogP contribution in [0.15, 0.2) is 42.5 Å². The maximum Gasteiger partial charge on any atom is 0.190 e. The number of benzene rings is 1. The van der Waals surface area contributed by atoms with Crippen molar-refractivity contribution >= 4 is 0 Å². The maximum atomic E-state index is 6.12. The summed E-state index contributed by atoms with van der Waals surface area (Å²) in [6, 6.07) is 10.1. The van der Waals surface area contributed by atoms with Crippen molar-refractivity contribution < 1.29 is 18.9 Å². The molecular formula is C18H24O4. The summed E-state index contributed by atoms with van der Waals surface area (Å²) in [5.41, 5.74) is 1.14. The molecule has 4 heteroatoms. The van der Waals surface area contributed by atoms with Gasteiger partial charge in [-0.2, -0.15) is 0 Å². The molecule has 4 atom stereocenters.